The van der Waals surface area contributed by atoms with Crippen molar-refractivity contribution in [3.63, 3.8) is 0 Å². The van der Waals surface area contributed by atoms with Gasteiger partial charge in [-0.15, -0.1) is 0 Å². The van der Waals surface area contributed by atoms with Crippen molar-refractivity contribution < 1.29 is 23.7 Å². The van der Waals surface area contributed by atoms with Crippen molar-refractivity contribution in [3.05, 3.63) is 323 Å². The maximum Gasteiger partial charge on any atom is 0.127 e. The molecule has 0 amide bonds. The van der Waals surface area contributed by atoms with E-state index >= 15 is 0 Å². The summed E-state index contributed by atoms with van der Waals surface area (Å²) in [6.45, 7) is 26.7. The molecule has 5 heteroatoms. The van der Waals surface area contributed by atoms with E-state index in [9.17, 15) is 0 Å². The molecule has 3 saturated carbocycles. The van der Waals surface area contributed by atoms with E-state index < -0.39 is 27.1 Å². The summed E-state index contributed by atoms with van der Waals surface area (Å²) in [5.41, 5.74) is 11.1. The molecule has 0 radical (unpaired) electrons. The van der Waals surface area contributed by atoms with Crippen LogP contribution in [0.1, 0.15) is 97.1 Å². The normalized spacial score (nSPS) is 31.5. The van der Waals surface area contributed by atoms with Gasteiger partial charge in [-0.1, -0.05) is 221 Å². The molecular formula is C90H86O5. The molecule has 10 aromatic carbocycles. The van der Waals surface area contributed by atoms with E-state index in [4.69, 9.17) is 23.7 Å². The van der Waals surface area contributed by atoms with Crippen molar-refractivity contribution >= 4 is 0 Å². The van der Waals surface area contributed by atoms with Crippen LogP contribution in [0.3, 0.4) is 0 Å². The van der Waals surface area contributed by atoms with Crippen LogP contribution in [-0.2, 0) is 27.1 Å². The quantitative estimate of drug-likeness (QED) is 0.102. The number of hydrogen-bond donors (Lipinski definition) is 0. The van der Waals surface area contributed by atoms with Gasteiger partial charge in [0.15, 0.2) is 0 Å². The van der Waals surface area contributed by atoms with Crippen molar-refractivity contribution in [2.75, 3.05) is 0 Å². The van der Waals surface area contributed by atoms with Gasteiger partial charge >= 0.3 is 0 Å². The maximum absolute atomic E-state index is 6.73. The zero-order valence-electron chi connectivity index (χ0n) is 56.4. The molecule has 6 aliphatic rings. The maximum atomic E-state index is 6.73. The number of rotatable bonds is 15. The number of ether oxygens (including phenoxy) is 5. The molecule has 10 aromatic rings. The van der Waals surface area contributed by atoms with Gasteiger partial charge in [-0.3, -0.25) is 0 Å². The first-order valence-corrected chi connectivity index (χ1v) is 34.9. The molecule has 0 aliphatic heterocycles. The lowest BCUT2D eigenvalue weighted by molar-refractivity contribution is -0.0728. The van der Waals surface area contributed by atoms with Crippen LogP contribution in [0.25, 0.3) is 0 Å². The van der Waals surface area contributed by atoms with E-state index in [0.717, 1.165) is 57.5 Å². The molecule has 5 nitrogen and oxygen atoms in total. The molecule has 0 heterocycles. The van der Waals surface area contributed by atoms with Crippen molar-refractivity contribution in [3.8, 4) is 57.5 Å². The van der Waals surface area contributed by atoms with Crippen LogP contribution >= 0.6 is 0 Å². The summed E-state index contributed by atoms with van der Waals surface area (Å²) < 4.78 is 33.6. The second-order valence-corrected chi connectivity index (χ2v) is 29.0. The highest BCUT2D eigenvalue weighted by Crippen LogP contribution is 2.86. The van der Waals surface area contributed by atoms with Gasteiger partial charge < -0.3 is 23.7 Å². The molecule has 6 unspecified atom stereocenters. The van der Waals surface area contributed by atoms with Crippen LogP contribution in [0.5, 0.6) is 57.5 Å². The average Bonchev–Trinajstić information content (AvgIpc) is 1.46. The van der Waals surface area contributed by atoms with Gasteiger partial charge in [0.25, 0.3) is 0 Å². The fourth-order valence-electron chi connectivity index (χ4n) is 21.9. The molecule has 16 rings (SSSR count). The molecule has 6 aliphatic carbocycles. The predicted molar refractivity (Wildman–Crippen MR) is 382 cm³/mol. The fraction of sp³-hybridized carbons (Fsp3) is 0.289. The molecule has 0 aromatic heterocycles. The van der Waals surface area contributed by atoms with Crippen LogP contribution in [0, 0.1) is 65.1 Å². The Bertz CT molecular complexity index is 4250. The largest absolute Gasteiger partial charge is 0.457 e. The third kappa shape index (κ3) is 8.52. The van der Waals surface area contributed by atoms with E-state index in [0.29, 0.717) is 0 Å². The number of hydrogen-bond acceptors (Lipinski definition) is 5. The summed E-state index contributed by atoms with van der Waals surface area (Å²) >= 11 is 0. The van der Waals surface area contributed by atoms with E-state index in [2.05, 4.69) is 203 Å². The highest BCUT2D eigenvalue weighted by Gasteiger charge is 2.82. The molecule has 16 atom stereocenters. The van der Waals surface area contributed by atoms with Gasteiger partial charge in [-0.05, 0) is 231 Å². The zero-order valence-corrected chi connectivity index (χ0v) is 56.4. The number of allylic oxidation sites excluding steroid dienone is 4. The third-order valence-corrected chi connectivity index (χ3v) is 26.1. The number of benzene rings is 10. The van der Waals surface area contributed by atoms with E-state index in [-0.39, 0.29) is 65.1 Å². The monoisotopic (exact) mass is 1250 g/mol. The minimum Gasteiger partial charge on any atom is -0.457 e. The summed E-state index contributed by atoms with van der Waals surface area (Å²) in [5.74, 6) is 9.89. The van der Waals surface area contributed by atoms with E-state index in [1.807, 2.05) is 140 Å². The molecule has 0 saturated heterocycles. The fourth-order valence-corrected chi connectivity index (χ4v) is 21.9. The van der Waals surface area contributed by atoms with Crippen LogP contribution in [0.2, 0.25) is 0 Å². The molecule has 0 spiro atoms. The van der Waals surface area contributed by atoms with Gasteiger partial charge in [-0.25, -0.2) is 0 Å². The predicted octanol–water partition coefficient (Wildman–Crippen LogP) is 23.3. The summed E-state index contributed by atoms with van der Waals surface area (Å²) in [6, 6.07) is 98.7. The SMILES string of the molecule is C[C@@H]1[C@H](C)C2(c3ccc(Oc4ccccc4)cc3)C3=C4C5=C6C3C(c3ccc(Oc7ccccc7)cc3)([C@H](C)[C@H](C)C6(c3ccc(Oc6ccccc6)cc3)[C@H](C)[C@H](C)C5(c3ccc(Oc5ccccc5)cc3)[C@H](C)[C@H](C)C41c1ccc(Oc3ccccc3)cc1)[C@@H](C)[C@H]2C. The third-order valence-electron chi connectivity index (χ3n) is 26.1. The Balaban J connectivity index is 1.04. The molecule has 3 fully saturated rings. The molecule has 0 bridgehead atoms. The highest BCUT2D eigenvalue weighted by atomic mass is 16.5. The Labute approximate surface area is 562 Å². The second kappa shape index (κ2) is 23.0. The molecule has 95 heavy (non-hydrogen) atoms. The topological polar surface area (TPSA) is 46.2 Å². The Morgan fingerprint density at radius 3 is 0.600 bits per heavy atom. The number of para-hydroxylation sites is 5. The first-order valence-electron chi connectivity index (χ1n) is 34.9. The minimum absolute atomic E-state index is 0.0335. The van der Waals surface area contributed by atoms with Crippen LogP contribution < -0.4 is 23.7 Å². The molecular weight excluding hydrogens is 1160 g/mol. The first kappa shape index (κ1) is 60.6. The highest BCUT2D eigenvalue weighted by molar-refractivity contribution is 5.78. The van der Waals surface area contributed by atoms with Crippen molar-refractivity contribution in [1.29, 1.82) is 0 Å². The molecule has 0 N–H and O–H groups in total. The van der Waals surface area contributed by atoms with Crippen LogP contribution in [0.4, 0.5) is 0 Å². The molecule has 476 valence electrons. The Hall–Kier alpha value is -9.32. The van der Waals surface area contributed by atoms with Crippen molar-refractivity contribution in [2.24, 2.45) is 65.1 Å². The Morgan fingerprint density at radius 2 is 0.368 bits per heavy atom. The van der Waals surface area contributed by atoms with Gasteiger partial charge in [0.2, 0.25) is 0 Å². The van der Waals surface area contributed by atoms with Gasteiger partial charge in [-0.2, -0.15) is 0 Å². The summed E-state index contributed by atoms with van der Waals surface area (Å²) in [6.07, 6.45) is 0. The Morgan fingerprint density at radius 1 is 0.189 bits per heavy atom. The zero-order chi connectivity index (χ0) is 65.2. The summed E-state index contributed by atoms with van der Waals surface area (Å²) in [5, 5.41) is 0. The first-order chi connectivity index (χ1) is 46.2. The second-order valence-electron chi connectivity index (χ2n) is 29.0. The van der Waals surface area contributed by atoms with Crippen LogP contribution in [-0.4, -0.2) is 0 Å². The lowest BCUT2D eigenvalue weighted by atomic mass is 9.30. The van der Waals surface area contributed by atoms with E-state index in [1.165, 1.54) is 27.8 Å². The average molecular weight is 1250 g/mol. The lowest BCUT2D eigenvalue weighted by Crippen LogP contribution is -2.70. The van der Waals surface area contributed by atoms with Gasteiger partial charge in [0.1, 0.15) is 57.5 Å². The van der Waals surface area contributed by atoms with E-state index in [1.54, 1.807) is 22.3 Å². The van der Waals surface area contributed by atoms with Crippen molar-refractivity contribution in [2.45, 2.75) is 96.3 Å². The summed E-state index contributed by atoms with van der Waals surface area (Å²) in [4.78, 5) is 0. The van der Waals surface area contributed by atoms with Gasteiger partial charge in [0.05, 0.1) is 0 Å². The minimum atomic E-state index is -0.468. The summed E-state index contributed by atoms with van der Waals surface area (Å²) in [7, 11) is 0. The van der Waals surface area contributed by atoms with Gasteiger partial charge in [0, 0.05) is 33.0 Å². The standard InChI is InChI=1S/C90H86O5/c1-56-57(2)87(67-38-48-77(49-39-67)92-72-28-18-12-19-29-72)60(5)61(6)89(69-42-52-79(53-43-69)94-74-32-22-14-23-33-74)64(9)65(10)90(70-44-54-80(55-45-70)95-75-34-24-15-25-35-75)63(8)62(7)88(68-40-50-78(51-41-68)93-73-30-20-13-21-31-73)59(4)58(3)86(56,81-82(87)84(89)85(90)83(81)88)66-36-46-76(47-37-66)91-71-26-16-11-17-27-71/h11-65,81H,1-10H3/t56-,57+,58+,59-,60-,61+,62+,63-,64-,65+,81?,86?,87?,88?,89?,90?. The Kier molecular flexibility index (Phi) is 14.7. The lowest BCUT2D eigenvalue weighted by Gasteiger charge is -2.72. The van der Waals surface area contributed by atoms with Crippen molar-refractivity contribution in [1.82, 2.24) is 0 Å². The van der Waals surface area contributed by atoms with Crippen LogP contribution in [0.15, 0.2) is 295 Å². The smallest absolute Gasteiger partial charge is 0.127 e.